The molecule has 0 bridgehead atoms. The number of imidazole rings is 1. The fraction of sp³-hybridized carbons (Fsp3) is 0.667. The van der Waals surface area contributed by atoms with Gasteiger partial charge >= 0.3 is 0 Å². The fourth-order valence-electron chi connectivity index (χ4n) is 3.58. The Morgan fingerprint density at radius 3 is 2.57 bits per heavy atom. The van der Waals surface area contributed by atoms with Crippen molar-refractivity contribution in [1.29, 1.82) is 0 Å². The molecule has 1 aliphatic heterocycles. The lowest BCUT2D eigenvalue weighted by Crippen LogP contribution is -2.38. The van der Waals surface area contributed by atoms with Crippen molar-refractivity contribution >= 4 is 0 Å². The van der Waals surface area contributed by atoms with Gasteiger partial charge in [0.2, 0.25) is 0 Å². The van der Waals surface area contributed by atoms with Gasteiger partial charge in [-0.1, -0.05) is 0 Å². The minimum Gasteiger partial charge on any atom is -0.332 e. The van der Waals surface area contributed by atoms with Crippen LogP contribution in [0.3, 0.4) is 0 Å². The largest absolute Gasteiger partial charge is 0.332 e. The first kappa shape index (κ1) is 16.2. The minimum absolute atomic E-state index is 0.458. The van der Waals surface area contributed by atoms with Gasteiger partial charge in [-0.25, -0.2) is 4.98 Å². The molecule has 0 N–H and O–H groups in total. The number of hydrogen-bond donors (Lipinski definition) is 0. The highest BCUT2D eigenvalue weighted by Gasteiger charge is 2.25. The molecule has 1 fully saturated rings. The standard InChI is InChI=1S/C18H29N5/c1-15(2)21-11-6-17(7-12-21)18-19-9-14-23(18)16(3)5-13-22-10-4-8-20-22/h4,8-10,14-17H,5-7,11-13H2,1-3H3/t16-/m1/s1. The lowest BCUT2D eigenvalue weighted by Gasteiger charge is -2.34. The third-order valence-electron chi connectivity index (χ3n) is 5.13. The summed E-state index contributed by atoms with van der Waals surface area (Å²) in [5, 5.41) is 4.29. The van der Waals surface area contributed by atoms with Crippen LogP contribution in [0.2, 0.25) is 0 Å². The number of rotatable bonds is 6. The van der Waals surface area contributed by atoms with Crippen molar-refractivity contribution in [3.63, 3.8) is 0 Å². The van der Waals surface area contributed by atoms with Crippen LogP contribution < -0.4 is 0 Å². The predicted molar refractivity (Wildman–Crippen MR) is 92.5 cm³/mol. The zero-order valence-corrected chi connectivity index (χ0v) is 14.6. The summed E-state index contributed by atoms with van der Waals surface area (Å²) in [6.07, 6.45) is 11.5. The molecule has 0 amide bonds. The molecule has 126 valence electrons. The molecule has 1 saturated heterocycles. The van der Waals surface area contributed by atoms with Gasteiger partial charge in [0.15, 0.2) is 0 Å². The Labute approximate surface area is 139 Å². The second-order valence-electron chi connectivity index (χ2n) is 7.00. The molecule has 0 aromatic carbocycles. The van der Waals surface area contributed by atoms with Crippen LogP contribution in [-0.4, -0.2) is 43.4 Å². The van der Waals surface area contributed by atoms with Crippen molar-refractivity contribution in [3.05, 3.63) is 36.7 Å². The van der Waals surface area contributed by atoms with Crippen LogP contribution in [-0.2, 0) is 6.54 Å². The molecule has 2 aromatic rings. The van der Waals surface area contributed by atoms with E-state index in [0.29, 0.717) is 18.0 Å². The Morgan fingerprint density at radius 2 is 1.91 bits per heavy atom. The van der Waals surface area contributed by atoms with Gasteiger partial charge < -0.3 is 9.47 Å². The summed E-state index contributed by atoms with van der Waals surface area (Å²) in [7, 11) is 0. The summed E-state index contributed by atoms with van der Waals surface area (Å²) >= 11 is 0. The summed E-state index contributed by atoms with van der Waals surface area (Å²) in [5.41, 5.74) is 0. The number of likely N-dealkylation sites (tertiary alicyclic amines) is 1. The second kappa shape index (κ2) is 7.30. The van der Waals surface area contributed by atoms with Crippen molar-refractivity contribution in [2.45, 2.75) is 64.6 Å². The van der Waals surface area contributed by atoms with Crippen LogP contribution in [0, 0.1) is 0 Å². The van der Waals surface area contributed by atoms with E-state index >= 15 is 0 Å². The SMILES string of the molecule is CC(C)N1CCC(c2nccn2[C@H](C)CCn2cccn2)CC1. The van der Waals surface area contributed by atoms with Crippen molar-refractivity contribution in [2.75, 3.05) is 13.1 Å². The first-order valence-electron chi connectivity index (χ1n) is 8.89. The molecule has 1 atom stereocenters. The molecule has 0 saturated carbocycles. The van der Waals surface area contributed by atoms with Crippen molar-refractivity contribution in [3.8, 4) is 0 Å². The number of piperidine rings is 1. The van der Waals surface area contributed by atoms with Gasteiger partial charge in [0.05, 0.1) is 0 Å². The number of aromatic nitrogens is 4. The van der Waals surface area contributed by atoms with E-state index in [1.54, 1.807) is 0 Å². The molecule has 0 aliphatic carbocycles. The molecule has 5 heteroatoms. The van der Waals surface area contributed by atoms with Crippen LogP contribution in [0.25, 0.3) is 0 Å². The number of aryl methyl sites for hydroxylation is 1. The molecular weight excluding hydrogens is 286 g/mol. The third kappa shape index (κ3) is 3.83. The van der Waals surface area contributed by atoms with E-state index in [2.05, 4.69) is 41.5 Å². The van der Waals surface area contributed by atoms with Crippen molar-refractivity contribution < 1.29 is 0 Å². The van der Waals surface area contributed by atoms with Gasteiger partial charge in [-0.15, -0.1) is 0 Å². The zero-order chi connectivity index (χ0) is 16.2. The highest BCUT2D eigenvalue weighted by atomic mass is 15.3. The van der Waals surface area contributed by atoms with Gasteiger partial charge in [0.1, 0.15) is 5.82 Å². The summed E-state index contributed by atoms with van der Waals surface area (Å²) in [6.45, 7) is 10.2. The predicted octanol–water partition coefficient (Wildman–Crippen LogP) is 3.32. The van der Waals surface area contributed by atoms with Gasteiger partial charge in [0, 0.05) is 49.3 Å². The highest BCUT2D eigenvalue weighted by Crippen LogP contribution is 2.29. The summed E-state index contributed by atoms with van der Waals surface area (Å²) < 4.78 is 4.40. The Bertz CT molecular complexity index is 578. The Morgan fingerprint density at radius 1 is 1.13 bits per heavy atom. The summed E-state index contributed by atoms with van der Waals surface area (Å²) in [6, 6.07) is 3.10. The van der Waals surface area contributed by atoms with E-state index in [-0.39, 0.29) is 0 Å². The van der Waals surface area contributed by atoms with Crippen molar-refractivity contribution in [1.82, 2.24) is 24.2 Å². The Balaban J connectivity index is 1.60. The molecule has 3 rings (SSSR count). The first-order valence-corrected chi connectivity index (χ1v) is 8.89. The maximum absolute atomic E-state index is 4.70. The highest BCUT2D eigenvalue weighted by molar-refractivity contribution is 5.04. The minimum atomic E-state index is 0.458. The van der Waals surface area contributed by atoms with Crippen molar-refractivity contribution in [2.24, 2.45) is 0 Å². The van der Waals surface area contributed by atoms with Crippen LogP contribution in [0.5, 0.6) is 0 Å². The van der Waals surface area contributed by atoms with E-state index in [1.165, 1.54) is 31.8 Å². The normalized spacial score (nSPS) is 18.6. The second-order valence-corrected chi connectivity index (χ2v) is 7.00. The van der Waals surface area contributed by atoms with E-state index in [0.717, 1.165) is 13.0 Å². The van der Waals surface area contributed by atoms with Gasteiger partial charge in [-0.2, -0.15) is 5.10 Å². The van der Waals surface area contributed by atoms with E-state index in [9.17, 15) is 0 Å². The smallest absolute Gasteiger partial charge is 0.112 e. The Hall–Kier alpha value is -1.62. The Kier molecular flexibility index (Phi) is 5.16. The third-order valence-corrected chi connectivity index (χ3v) is 5.13. The lowest BCUT2D eigenvalue weighted by molar-refractivity contribution is 0.167. The molecular formula is C18H29N5. The molecule has 0 unspecified atom stereocenters. The maximum Gasteiger partial charge on any atom is 0.112 e. The lowest BCUT2D eigenvalue weighted by atomic mass is 9.95. The quantitative estimate of drug-likeness (QED) is 0.821. The molecule has 1 aliphatic rings. The summed E-state index contributed by atoms with van der Waals surface area (Å²) in [5.74, 6) is 1.88. The topological polar surface area (TPSA) is 38.9 Å². The van der Waals surface area contributed by atoms with Gasteiger partial charge in [-0.3, -0.25) is 4.68 Å². The fourth-order valence-corrected chi connectivity index (χ4v) is 3.58. The van der Waals surface area contributed by atoms with Gasteiger partial charge in [-0.05, 0) is 59.2 Å². The van der Waals surface area contributed by atoms with Gasteiger partial charge in [0.25, 0.3) is 0 Å². The first-order chi connectivity index (χ1) is 11.1. The van der Waals surface area contributed by atoms with E-state index < -0.39 is 0 Å². The molecule has 3 heterocycles. The van der Waals surface area contributed by atoms with Crippen LogP contribution in [0.4, 0.5) is 0 Å². The molecule has 5 nitrogen and oxygen atoms in total. The van der Waals surface area contributed by atoms with Crippen LogP contribution >= 0.6 is 0 Å². The van der Waals surface area contributed by atoms with Crippen LogP contribution in [0.1, 0.15) is 57.8 Å². The molecule has 2 aromatic heterocycles. The number of hydrogen-bond acceptors (Lipinski definition) is 3. The zero-order valence-electron chi connectivity index (χ0n) is 14.6. The maximum atomic E-state index is 4.70. The van der Waals surface area contributed by atoms with Crippen LogP contribution in [0.15, 0.2) is 30.9 Å². The monoisotopic (exact) mass is 315 g/mol. The van der Waals surface area contributed by atoms with E-state index in [4.69, 9.17) is 4.98 Å². The summed E-state index contributed by atoms with van der Waals surface area (Å²) in [4.78, 5) is 7.27. The molecule has 0 spiro atoms. The average Bonchev–Trinajstić information content (AvgIpc) is 3.24. The van der Waals surface area contributed by atoms with E-state index in [1.807, 2.05) is 29.3 Å². The molecule has 0 radical (unpaired) electrons. The molecule has 23 heavy (non-hydrogen) atoms. The average molecular weight is 315 g/mol. The number of nitrogens with zero attached hydrogens (tertiary/aromatic N) is 5.